The van der Waals surface area contributed by atoms with Crippen LogP contribution in [0.25, 0.3) is 11.1 Å². The minimum atomic E-state index is -4.37. The van der Waals surface area contributed by atoms with Gasteiger partial charge in [-0.05, 0) is 55.3 Å². The molecule has 0 bridgehead atoms. The van der Waals surface area contributed by atoms with Gasteiger partial charge >= 0.3 is 6.18 Å². The number of aryl methyl sites for hydroxylation is 1. The maximum absolute atomic E-state index is 13.3. The first-order chi connectivity index (χ1) is 11.3. The zero-order valence-electron chi connectivity index (χ0n) is 13.9. The van der Waals surface area contributed by atoms with E-state index in [9.17, 15) is 13.2 Å². The van der Waals surface area contributed by atoms with Crippen molar-refractivity contribution < 1.29 is 17.9 Å². The Kier molecular flexibility index (Phi) is 4.30. The van der Waals surface area contributed by atoms with E-state index in [1.165, 1.54) is 12.1 Å². The summed E-state index contributed by atoms with van der Waals surface area (Å²) in [5.74, 6) is 0.581. The molecular formula is C19H20F3NO. The largest absolute Gasteiger partial charge is 0.488 e. The van der Waals surface area contributed by atoms with Gasteiger partial charge in [0.25, 0.3) is 0 Å². The van der Waals surface area contributed by atoms with E-state index in [-0.39, 0.29) is 6.10 Å². The molecule has 1 aliphatic rings. The molecule has 2 aromatic carbocycles. The van der Waals surface area contributed by atoms with Crippen LogP contribution >= 0.6 is 0 Å². The summed E-state index contributed by atoms with van der Waals surface area (Å²) < 4.78 is 45.9. The van der Waals surface area contributed by atoms with Crippen molar-refractivity contribution in [3.63, 3.8) is 0 Å². The van der Waals surface area contributed by atoms with Crippen molar-refractivity contribution >= 4 is 0 Å². The number of hydrogen-bond acceptors (Lipinski definition) is 2. The van der Waals surface area contributed by atoms with Crippen LogP contribution in [0.15, 0.2) is 30.3 Å². The molecule has 2 nitrogen and oxygen atoms in total. The highest BCUT2D eigenvalue weighted by molar-refractivity contribution is 5.77. The van der Waals surface area contributed by atoms with E-state index < -0.39 is 11.7 Å². The fourth-order valence-corrected chi connectivity index (χ4v) is 3.18. The van der Waals surface area contributed by atoms with Crippen LogP contribution < -0.4 is 10.1 Å². The van der Waals surface area contributed by atoms with Gasteiger partial charge in [0.05, 0.1) is 5.56 Å². The lowest BCUT2D eigenvalue weighted by Gasteiger charge is -2.16. The van der Waals surface area contributed by atoms with Crippen molar-refractivity contribution in [3.05, 3.63) is 52.6 Å². The van der Waals surface area contributed by atoms with E-state index in [4.69, 9.17) is 4.74 Å². The monoisotopic (exact) mass is 335 g/mol. The predicted molar refractivity (Wildman–Crippen MR) is 88.4 cm³/mol. The van der Waals surface area contributed by atoms with Crippen molar-refractivity contribution in [2.45, 2.75) is 32.5 Å². The molecule has 3 rings (SSSR count). The number of nitrogens with one attached hydrogen (secondary N) is 1. The Balaban J connectivity index is 2.18. The van der Waals surface area contributed by atoms with Crippen LogP contribution in [0.5, 0.6) is 5.75 Å². The fraction of sp³-hybridized carbons (Fsp3) is 0.368. The average molecular weight is 335 g/mol. The molecule has 1 aliphatic heterocycles. The lowest BCUT2D eigenvalue weighted by Crippen LogP contribution is -2.27. The Hall–Kier alpha value is -2.01. The van der Waals surface area contributed by atoms with E-state index in [0.29, 0.717) is 29.8 Å². The Morgan fingerprint density at radius 2 is 1.92 bits per heavy atom. The van der Waals surface area contributed by atoms with Crippen LogP contribution in [0, 0.1) is 13.8 Å². The molecule has 1 unspecified atom stereocenters. The summed E-state index contributed by atoms with van der Waals surface area (Å²) in [5, 5.41) is 3.02. The molecule has 1 atom stereocenters. The molecule has 0 aromatic heterocycles. The van der Waals surface area contributed by atoms with Gasteiger partial charge < -0.3 is 10.1 Å². The predicted octanol–water partition coefficient (Wildman–Crippen LogP) is 4.51. The first-order valence-corrected chi connectivity index (χ1v) is 7.93. The van der Waals surface area contributed by atoms with Gasteiger partial charge in [0.15, 0.2) is 0 Å². The smallest absolute Gasteiger partial charge is 0.416 e. The molecule has 1 heterocycles. The summed E-state index contributed by atoms with van der Waals surface area (Å²) in [4.78, 5) is 0. The Labute approximate surface area is 139 Å². The molecule has 2 aromatic rings. The third kappa shape index (κ3) is 3.00. The number of rotatable bonds is 3. The molecule has 0 spiro atoms. The zero-order valence-corrected chi connectivity index (χ0v) is 13.9. The minimum absolute atomic E-state index is 0.141. The van der Waals surface area contributed by atoms with Gasteiger partial charge in [-0.2, -0.15) is 13.2 Å². The minimum Gasteiger partial charge on any atom is -0.488 e. The Morgan fingerprint density at radius 1 is 1.17 bits per heavy atom. The van der Waals surface area contributed by atoms with Crippen LogP contribution in [-0.4, -0.2) is 19.7 Å². The van der Waals surface area contributed by atoms with Crippen LogP contribution in [0.3, 0.4) is 0 Å². The molecule has 1 N–H and O–H groups in total. The maximum Gasteiger partial charge on any atom is 0.416 e. The molecule has 128 valence electrons. The summed E-state index contributed by atoms with van der Waals surface area (Å²) >= 11 is 0. The lowest BCUT2D eigenvalue weighted by atomic mass is 9.92. The number of fused-ring (bicyclic) bond motifs is 1. The highest BCUT2D eigenvalue weighted by Crippen LogP contribution is 2.44. The van der Waals surface area contributed by atoms with Gasteiger partial charge in [-0.25, -0.2) is 0 Å². The number of benzene rings is 2. The first-order valence-electron chi connectivity index (χ1n) is 7.93. The molecule has 0 saturated heterocycles. The quantitative estimate of drug-likeness (QED) is 0.891. The van der Waals surface area contributed by atoms with Crippen molar-refractivity contribution in [1.29, 1.82) is 0 Å². The van der Waals surface area contributed by atoms with Crippen LogP contribution in [0.2, 0.25) is 0 Å². The summed E-state index contributed by atoms with van der Waals surface area (Å²) in [7, 11) is 1.80. The fourth-order valence-electron chi connectivity index (χ4n) is 3.18. The highest BCUT2D eigenvalue weighted by Gasteiger charge is 2.35. The summed E-state index contributed by atoms with van der Waals surface area (Å²) in [6, 6.07) is 8.11. The SMILES string of the molecule is CNCC1Cc2cc(C(F)(F)F)cc(-c3cccc(C)c3C)c2O1. The molecule has 0 amide bonds. The zero-order chi connectivity index (χ0) is 17.5. The Bertz CT molecular complexity index is 768. The molecule has 0 radical (unpaired) electrons. The normalized spacial score (nSPS) is 16.8. The van der Waals surface area contributed by atoms with Crippen LogP contribution in [0.4, 0.5) is 13.2 Å². The summed E-state index contributed by atoms with van der Waals surface area (Å²) in [5.41, 5.74) is 3.34. The second-order valence-corrected chi connectivity index (χ2v) is 6.26. The third-order valence-electron chi connectivity index (χ3n) is 4.55. The van der Waals surface area contributed by atoms with Crippen molar-refractivity contribution in [2.75, 3.05) is 13.6 Å². The highest BCUT2D eigenvalue weighted by atomic mass is 19.4. The van der Waals surface area contributed by atoms with E-state index in [0.717, 1.165) is 16.7 Å². The lowest BCUT2D eigenvalue weighted by molar-refractivity contribution is -0.137. The summed E-state index contributed by atoms with van der Waals surface area (Å²) in [6.45, 7) is 4.48. The standard InChI is InChI=1S/C19H20F3NO/c1-11-5-4-6-16(12(11)2)17-9-14(19(20,21)22)7-13-8-15(10-23-3)24-18(13)17/h4-7,9,15,23H,8,10H2,1-3H3. The van der Waals surface area contributed by atoms with Gasteiger partial charge in [0.2, 0.25) is 0 Å². The van der Waals surface area contributed by atoms with Gasteiger partial charge in [0, 0.05) is 18.5 Å². The first kappa shape index (κ1) is 16.8. The van der Waals surface area contributed by atoms with Gasteiger partial charge in [-0.1, -0.05) is 18.2 Å². The van der Waals surface area contributed by atoms with Crippen molar-refractivity contribution in [2.24, 2.45) is 0 Å². The number of ether oxygens (including phenoxy) is 1. The molecule has 24 heavy (non-hydrogen) atoms. The molecule has 0 aliphatic carbocycles. The molecular weight excluding hydrogens is 315 g/mol. The van der Waals surface area contributed by atoms with Gasteiger partial charge in [-0.3, -0.25) is 0 Å². The number of halogens is 3. The van der Waals surface area contributed by atoms with Crippen molar-refractivity contribution in [1.82, 2.24) is 5.32 Å². The molecule has 0 saturated carbocycles. The Morgan fingerprint density at radius 3 is 2.58 bits per heavy atom. The van der Waals surface area contributed by atoms with Gasteiger partial charge in [0.1, 0.15) is 11.9 Å². The second kappa shape index (κ2) is 6.13. The van der Waals surface area contributed by atoms with E-state index >= 15 is 0 Å². The average Bonchev–Trinajstić information content (AvgIpc) is 2.91. The second-order valence-electron chi connectivity index (χ2n) is 6.26. The number of likely N-dealkylation sites (N-methyl/N-ethyl adjacent to an activating group) is 1. The maximum atomic E-state index is 13.3. The van der Waals surface area contributed by atoms with Crippen LogP contribution in [0.1, 0.15) is 22.3 Å². The number of hydrogen-bond donors (Lipinski definition) is 1. The molecule has 5 heteroatoms. The topological polar surface area (TPSA) is 21.3 Å². The van der Waals surface area contributed by atoms with E-state index in [1.54, 1.807) is 7.05 Å². The third-order valence-corrected chi connectivity index (χ3v) is 4.55. The van der Waals surface area contributed by atoms with Crippen LogP contribution in [-0.2, 0) is 12.6 Å². The van der Waals surface area contributed by atoms with E-state index in [2.05, 4.69) is 5.32 Å². The molecule has 0 fully saturated rings. The van der Waals surface area contributed by atoms with Gasteiger partial charge in [-0.15, -0.1) is 0 Å². The van der Waals surface area contributed by atoms with E-state index in [1.807, 2.05) is 32.0 Å². The number of alkyl halides is 3. The summed E-state index contributed by atoms with van der Waals surface area (Å²) in [6.07, 6.45) is -4.03. The van der Waals surface area contributed by atoms with Crippen molar-refractivity contribution in [3.8, 4) is 16.9 Å².